The molecule has 0 radical (unpaired) electrons. The molecule has 0 saturated heterocycles. The minimum atomic E-state index is 0.765. The summed E-state index contributed by atoms with van der Waals surface area (Å²) in [7, 11) is 1.71. The molecule has 16 heavy (non-hydrogen) atoms. The summed E-state index contributed by atoms with van der Waals surface area (Å²) in [6.07, 6.45) is 5.28. The third kappa shape index (κ3) is 5.91. The lowest BCUT2D eigenvalue weighted by Gasteiger charge is -2.00. The highest BCUT2D eigenvalue weighted by molar-refractivity contribution is 6.30. The van der Waals surface area contributed by atoms with Gasteiger partial charge in [-0.1, -0.05) is 35.9 Å². The molecule has 0 saturated carbocycles. The van der Waals surface area contributed by atoms with Crippen molar-refractivity contribution < 1.29 is 4.74 Å². The predicted molar refractivity (Wildman–Crippen MR) is 69.8 cm³/mol. The van der Waals surface area contributed by atoms with Crippen molar-refractivity contribution in [3.8, 4) is 0 Å². The summed E-state index contributed by atoms with van der Waals surface area (Å²) >= 11 is 5.80. The van der Waals surface area contributed by atoms with Gasteiger partial charge in [-0.25, -0.2) is 0 Å². The molecule has 0 aliphatic rings. The van der Waals surface area contributed by atoms with Crippen LogP contribution in [-0.2, 0) is 4.74 Å². The summed E-state index contributed by atoms with van der Waals surface area (Å²) in [5.74, 6) is 0. The minimum Gasteiger partial charge on any atom is -0.383 e. The summed E-state index contributed by atoms with van der Waals surface area (Å²) in [4.78, 5) is 0. The molecule has 0 spiro atoms. The first-order valence-electron chi connectivity index (χ1n) is 5.44. The van der Waals surface area contributed by atoms with E-state index in [0.717, 1.165) is 31.1 Å². The Kier molecular flexibility index (Phi) is 6.90. The Morgan fingerprint density at radius 1 is 1.25 bits per heavy atom. The van der Waals surface area contributed by atoms with Gasteiger partial charge in [0.15, 0.2) is 0 Å². The van der Waals surface area contributed by atoms with Crippen LogP contribution in [0.4, 0.5) is 0 Å². The van der Waals surface area contributed by atoms with E-state index in [4.69, 9.17) is 16.3 Å². The first-order chi connectivity index (χ1) is 7.83. The highest BCUT2D eigenvalue weighted by Gasteiger charge is 1.88. The molecular formula is C13H18ClNO. The SMILES string of the molecule is COCCNCCC=Cc1ccc(Cl)cc1. The molecule has 88 valence electrons. The van der Waals surface area contributed by atoms with E-state index in [9.17, 15) is 0 Å². The summed E-state index contributed by atoms with van der Waals surface area (Å²) in [6, 6.07) is 7.82. The van der Waals surface area contributed by atoms with Crippen LogP contribution in [0.3, 0.4) is 0 Å². The van der Waals surface area contributed by atoms with Gasteiger partial charge in [0.1, 0.15) is 0 Å². The van der Waals surface area contributed by atoms with E-state index in [-0.39, 0.29) is 0 Å². The molecule has 1 rings (SSSR count). The number of halogens is 1. The zero-order valence-electron chi connectivity index (χ0n) is 9.58. The van der Waals surface area contributed by atoms with Gasteiger partial charge >= 0.3 is 0 Å². The monoisotopic (exact) mass is 239 g/mol. The fourth-order valence-electron chi connectivity index (χ4n) is 1.28. The highest BCUT2D eigenvalue weighted by atomic mass is 35.5. The fraction of sp³-hybridized carbons (Fsp3) is 0.385. The number of ether oxygens (including phenoxy) is 1. The Labute approximate surface area is 102 Å². The quantitative estimate of drug-likeness (QED) is 0.739. The molecule has 3 heteroatoms. The van der Waals surface area contributed by atoms with E-state index in [1.807, 2.05) is 24.3 Å². The molecule has 0 heterocycles. The molecule has 0 atom stereocenters. The second-order valence-electron chi connectivity index (χ2n) is 3.49. The second-order valence-corrected chi connectivity index (χ2v) is 3.92. The second kappa shape index (κ2) is 8.34. The topological polar surface area (TPSA) is 21.3 Å². The number of rotatable bonds is 7. The molecule has 1 aromatic rings. The van der Waals surface area contributed by atoms with E-state index < -0.39 is 0 Å². The van der Waals surface area contributed by atoms with Crippen molar-refractivity contribution in [1.82, 2.24) is 5.32 Å². The van der Waals surface area contributed by atoms with Crippen LogP contribution in [0.5, 0.6) is 0 Å². The van der Waals surface area contributed by atoms with E-state index in [2.05, 4.69) is 17.5 Å². The highest BCUT2D eigenvalue weighted by Crippen LogP contribution is 2.10. The van der Waals surface area contributed by atoms with Crippen LogP contribution in [0.1, 0.15) is 12.0 Å². The van der Waals surface area contributed by atoms with Crippen LogP contribution >= 0.6 is 11.6 Å². The van der Waals surface area contributed by atoms with E-state index in [1.165, 1.54) is 5.56 Å². The molecule has 0 bridgehead atoms. The standard InChI is InChI=1S/C13H18ClNO/c1-16-11-10-15-9-3-2-4-12-5-7-13(14)8-6-12/h2,4-8,15H,3,9-11H2,1H3. The molecule has 1 aromatic carbocycles. The van der Waals surface area contributed by atoms with Crippen LogP contribution in [0, 0.1) is 0 Å². The summed E-state index contributed by atoms with van der Waals surface area (Å²) in [5, 5.41) is 4.06. The van der Waals surface area contributed by atoms with Crippen LogP contribution < -0.4 is 5.32 Å². The largest absolute Gasteiger partial charge is 0.383 e. The lowest BCUT2D eigenvalue weighted by Crippen LogP contribution is -2.19. The fourth-order valence-corrected chi connectivity index (χ4v) is 1.40. The van der Waals surface area contributed by atoms with Gasteiger partial charge in [0, 0.05) is 18.7 Å². The zero-order chi connectivity index (χ0) is 11.6. The van der Waals surface area contributed by atoms with Crippen molar-refractivity contribution in [2.24, 2.45) is 0 Å². The van der Waals surface area contributed by atoms with Crippen LogP contribution in [0.15, 0.2) is 30.3 Å². The molecular weight excluding hydrogens is 222 g/mol. The van der Waals surface area contributed by atoms with E-state index in [1.54, 1.807) is 7.11 Å². The number of benzene rings is 1. The lowest BCUT2D eigenvalue weighted by atomic mass is 10.2. The van der Waals surface area contributed by atoms with Gasteiger partial charge in [0.05, 0.1) is 6.61 Å². The van der Waals surface area contributed by atoms with Crippen molar-refractivity contribution in [2.75, 3.05) is 26.8 Å². The van der Waals surface area contributed by atoms with Crippen molar-refractivity contribution >= 4 is 17.7 Å². The van der Waals surface area contributed by atoms with Crippen LogP contribution in [0.2, 0.25) is 5.02 Å². The van der Waals surface area contributed by atoms with Gasteiger partial charge in [-0.05, 0) is 30.7 Å². The predicted octanol–water partition coefficient (Wildman–Crippen LogP) is 2.98. The summed E-state index contributed by atoms with van der Waals surface area (Å²) in [5.41, 5.74) is 1.18. The third-order valence-corrected chi connectivity index (χ3v) is 2.40. The Morgan fingerprint density at radius 2 is 2.00 bits per heavy atom. The smallest absolute Gasteiger partial charge is 0.0587 e. The van der Waals surface area contributed by atoms with E-state index >= 15 is 0 Å². The number of nitrogens with one attached hydrogen (secondary N) is 1. The lowest BCUT2D eigenvalue weighted by molar-refractivity contribution is 0.199. The molecule has 0 aliphatic carbocycles. The Hall–Kier alpha value is -0.830. The number of hydrogen-bond donors (Lipinski definition) is 1. The van der Waals surface area contributed by atoms with Crippen molar-refractivity contribution in [1.29, 1.82) is 0 Å². The number of methoxy groups -OCH3 is 1. The molecule has 0 amide bonds. The Bertz CT molecular complexity index is 308. The Balaban J connectivity index is 2.14. The average molecular weight is 240 g/mol. The van der Waals surface area contributed by atoms with E-state index in [0.29, 0.717) is 0 Å². The van der Waals surface area contributed by atoms with Gasteiger partial charge in [-0.3, -0.25) is 0 Å². The molecule has 0 aliphatic heterocycles. The first kappa shape index (κ1) is 13.2. The van der Waals surface area contributed by atoms with Gasteiger partial charge in [-0.2, -0.15) is 0 Å². The number of hydrogen-bond acceptors (Lipinski definition) is 2. The average Bonchev–Trinajstić information content (AvgIpc) is 2.30. The van der Waals surface area contributed by atoms with Gasteiger partial charge in [0.25, 0.3) is 0 Å². The van der Waals surface area contributed by atoms with Crippen molar-refractivity contribution in [3.05, 3.63) is 40.9 Å². The molecule has 0 aromatic heterocycles. The third-order valence-electron chi connectivity index (χ3n) is 2.15. The minimum absolute atomic E-state index is 0.765. The maximum absolute atomic E-state index is 5.80. The first-order valence-corrected chi connectivity index (χ1v) is 5.82. The van der Waals surface area contributed by atoms with Crippen molar-refractivity contribution in [2.45, 2.75) is 6.42 Å². The molecule has 2 nitrogen and oxygen atoms in total. The van der Waals surface area contributed by atoms with Gasteiger partial charge in [0.2, 0.25) is 0 Å². The van der Waals surface area contributed by atoms with Gasteiger partial charge < -0.3 is 10.1 Å². The maximum atomic E-state index is 5.80. The molecule has 0 fully saturated rings. The zero-order valence-corrected chi connectivity index (χ0v) is 10.3. The van der Waals surface area contributed by atoms with Crippen LogP contribution in [-0.4, -0.2) is 26.8 Å². The summed E-state index contributed by atoms with van der Waals surface area (Å²) in [6.45, 7) is 2.65. The summed E-state index contributed by atoms with van der Waals surface area (Å²) < 4.78 is 4.94. The molecule has 1 N–H and O–H groups in total. The molecule has 0 unspecified atom stereocenters. The van der Waals surface area contributed by atoms with Crippen LogP contribution in [0.25, 0.3) is 6.08 Å². The maximum Gasteiger partial charge on any atom is 0.0587 e. The normalized spacial score (nSPS) is 11.1. The van der Waals surface area contributed by atoms with Crippen molar-refractivity contribution in [3.63, 3.8) is 0 Å². The Morgan fingerprint density at radius 3 is 2.69 bits per heavy atom. The van der Waals surface area contributed by atoms with Gasteiger partial charge in [-0.15, -0.1) is 0 Å².